The molecule has 126 valence electrons. The Balaban J connectivity index is 1.92. The molecule has 0 radical (unpaired) electrons. The van der Waals surface area contributed by atoms with Crippen LogP contribution in [0, 0.1) is 6.92 Å². The topological polar surface area (TPSA) is 88.6 Å². The quantitative estimate of drug-likeness (QED) is 0.596. The van der Waals surface area contributed by atoms with Crippen molar-refractivity contribution in [2.75, 3.05) is 6.26 Å². The number of rotatable bonds is 3. The second-order valence-electron chi connectivity index (χ2n) is 5.75. The zero-order valence-electron chi connectivity index (χ0n) is 13.5. The second kappa shape index (κ2) is 5.75. The van der Waals surface area contributed by atoms with Crippen LogP contribution >= 0.6 is 11.3 Å². The molecule has 0 spiro atoms. The van der Waals surface area contributed by atoms with Gasteiger partial charge in [0.15, 0.2) is 9.84 Å². The average molecular weight is 370 g/mol. The molecule has 0 fully saturated rings. The Labute approximate surface area is 148 Å². The first-order valence-corrected chi connectivity index (χ1v) is 10.2. The minimum Gasteiger partial charge on any atom is -0.282 e. The van der Waals surface area contributed by atoms with E-state index >= 15 is 0 Å². The Morgan fingerprint density at radius 1 is 1.12 bits per heavy atom. The summed E-state index contributed by atoms with van der Waals surface area (Å²) < 4.78 is 23.8. The van der Waals surface area contributed by atoms with E-state index < -0.39 is 9.84 Å². The molecule has 0 amide bonds. The van der Waals surface area contributed by atoms with E-state index in [0.717, 1.165) is 38.3 Å². The van der Waals surface area contributed by atoms with Crippen LogP contribution in [0.3, 0.4) is 0 Å². The predicted molar refractivity (Wildman–Crippen MR) is 98.3 cm³/mol. The van der Waals surface area contributed by atoms with Crippen LogP contribution in [-0.2, 0) is 9.84 Å². The monoisotopic (exact) mass is 370 g/mol. The highest BCUT2D eigenvalue weighted by molar-refractivity contribution is 7.92. The third-order valence-corrected chi connectivity index (χ3v) is 6.87. The van der Waals surface area contributed by atoms with Gasteiger partial charge in [0, 0.05) is 22.9 Å². The number of benzene rings is 1. The summed E-state index contributed by atoms with van der Waals surface area (Å²) in [7, 11) is -3.23. The maximum absolute atomic E-state index is 11.8. The predicted octanol–water partition coefficient (Wildman–Crippen LogP) is 3.46. The van der Waals surface area contributed by atoms with Crippen molar-refractivity contribution in [3.05, 3.63) is 48.5 Å². The minimum atomic E-state index is -3.23. The molecule has 0 saturated heterocycles. The van der Waals surface area contributed by atoms with Gasteiger partial charge in [0.05, 0.1) is 22.3 Å². The van der Waals surface area contributed by atoms with Gasteiger partial charge in [0.2, 0.25) is 0 Å². The van der Waals surface area contributed by atoms with Gasteiger partial charge in [-0.1, -0.05) is 6.07 Å². The van der Waals surface area contributed by atoms with Crippen LogP contribution in [-0.4, -0.2) is 34.8 Å². The fourth-order valence-electron chi connectivity index (χ4n) is 2.71. The minimum absolute atomic E-state index is 0.330. The summed E-state index contributed by atoms with van der Waals surface area (Å²) in [5.74, 6) is 0. The number of H-pyrrole nitrogens is 1. The molecule has 0 bridgehead atoms. The average Bonchev–Trinajstić information content (AvgIpc) is 3.22. The van der Waals surface area contributed by atoms with Gasteiger partial charge in [-0.25, -0.2) is 18.4 Å². The van der Waals surface area contributed by atoms with Crippen molar-refractivity contribution in [2.24, 2.45) is 0 Å². The number of hydrogen-bond donors (Lipinski definition) is 1. The lowest BCUT2D eigenvalue weighted by Gasteiger charge is -2.06. The Morgan fingerprint density at radius 3 is 2.64 bits per heavy atom. The van der Waals surface area contributed by atoms with E-state index in [2.05, 4.69) is 20.2 Å². The molecule has 8 heteroatoms. The normalized spacial score (nSPS) is 11.9. The van der Waals surface area contributed by atoms with Crippen molar-refractivity contribution in [1.29, 1.82) is 0 Å². The fourth-order valence-corrected chi connectivity index (χ4v) is 4.65. The zero-order chi connectivity index (χ0) is 17.6. The van der Waals surface area contributed by atoms with E-state index in [0.29, 0.717) is 4.21 Å². The molecule has 0 saturated carbocycles. The van der Waals surface area contributed by atoms with E-state index in [1.807, 2.05) is 25.1 Å². The molecule has 1 N–H and O–H groups in total. The molecule has 25 heavy (non-hydrogen) atoms. The van der Waals surface area contributed by atoms with Crippen molar-refractivity contribution in [2.45, 2.75) is 11.1 Å². The highest BCUT2D eigenvalue weighted by Gasteiger charge is 2.15. The first-order valence-electron chi connectivity index (χ1n) is 7.49. The number of sulfone groups is 1. The lowest BCUT2D eigenvalue weighted by molar-refractivity contribution is 0.604. The van der Waals surface area contributed by atoms with E-state index in [9.17, 15) is 8.42 Å². The summed E-state index contributed by atoms with van der Waals surface area (Å²) >= 11 is 1.22. The molecular formula is C17H14N4O2S2. The maximum atomic E-state index is 11.8. The molecule has 0 unspecified atom stereocenters. The van der Waals surface area contributed by atoms with Crippen molar-refractivity contribution in [3.63, 3.8) is 0 Å². The van der Waals surface area contributed by atoms with Gasteiger partial charge >= 0.3 is 0 Å². The highest BCUT2D eigenvalue weighted by atomic mass is 32.2. The number of aryl methyl sites for hydroxylation is 1. The summed E-state index contributed by atoms with van der Waals surface area (Å²) in [6, 6.07) is 9.36. The molecule has 0 aliphatic rings. The van der Waals surface area contributed by atoms with Gasteiger partial charge in [-0.2, -0.15) is 5.10 Å². The van der Waals surface area contributed by atoms with Crippen molar-refractivity contribution < 1.29 is 8.42 Å². The fraction of sp³-hybridized carbons (Fsp3) is 0.118. The summed E-state index contributed by atoms with van der Waals surface area (Å²) in [5.41, 5.74) is 4.54. The van der Waals surface area contributed by atoms with Crippen LogP contribution in [0.15, 0.2) is 47.1 Å². The summed E-state index contributed by atoms with van der Waals surface area (Å²) in [6.45, 7) is 1.96. The molecule has 4 rings (SSSR count). The van der Waals surface area contributed by atoms with Crippen molar-refractivity contribution in [3.8, 4) is 21.7 Å². The van der Waals surface area contributed by atoms with E-state index in [1.165, 1.54) is 23.9 Å². The lowest BCUT2D eigenvalue weighted by atomic mass is 10.0. The molecule has 4 aromatic rings. The van der Waals surface area contributed by atoms with E-state index in [-0.39, 0.29) is 0 Å². The number of aromatic nitrogens is 4. The summed E-state index contributed by atoms with van der Waals surface area (Å²) in [6.07, 6.45) is 4.49. The van der Waals surface area contributed by atoms with Gasteiger partial charge in [-0.05, 0) is 36.8 Å². The third-order valence-electron chi connectivity index (χ3n) is 3.96. The van der Waals surface area contributed by atoms with Crippen LogP contribution in [0.2, 0.25) is 0 Å². The lowest BCUT2D eigenvalue weighted by Crippen LogP contribution is -1.92. The number of nitrogens with one attached hydrogen (secondary N) is 1. The largest absolute Gasteiger partial charge is 0.282 e. The third kappa shape index (κ3) is 2.83. The van der Waals surface area contributed by atoms with Gasteiger partial charge in [-0.15, -0.1) is 11.3 Å². The van der Waals surface area contributed by atoms with Crippen LogP contribution in [0.5, 0.6) is 0 Å². The molecule has 0 atom stereocenters. The SMILES string of the molecule is Cc1[nH]ncc1-c1ccc2ncnc(-c3ccc(S(C)(=O)=O)s3)c2c1. The van der Waals surface area contributed by atoms with Crippen LogP contribution < -0.4 is 0 Å². The number of thiophene rings is 1. The van der Waals surface area contributed by atoms with Gasteiger partial charge in [0.1, 0.15) is 10.5 Å². The number of aromatic amines is 1. The molecule has 6 nitrogen and oxygen atoms in total. The Morgan fingerprint density at radius 2 is 1.96 bits per heavy atom. The van der Waals surface area contributed by atoms with Crippen molar-refractivity contribution in [1.82, 2.24) is 20.2 Å². The smallest absolute Gasteiger partial charge is 0.184 e. The molecule has 0 aliphatic heterocycles. The summed E-state index contributed by atoms with van der Waals surface area (Å²) in [4.78, 5) is 9.52. The van der Waals surface area contributed by atoms with E-state index in [4.69, 9.17) is 0 Å². The first kappa shape index (κ1) is 15.9. The van der Waals surface area contributed by atoms with Crippen molar-refractivity contribution >= 4 is 32.1 Å². The van der Waals surface area contributed by atoms with Gasteiger partial charge < -0.3 is 0 Å². The summed E-state index contributed by atoms with van der Waals surface area (Å²) in [5, 5.41) is 7.88. The molecule has 3 aromatic heterocycles. The van der Waals surface area contributed by atoms with Gasteiger partial charge in [-0.3, -0.25) is 5.10 Å². The molecule has 1 aromatic carbocycles. The Kier molecular flexibility index (Phi) is 3.66. The number of nitrogens with zero attached hydrogens (tertiary/aromatic N) is 3. The molecule has 0 aliphatic carbocycles. The van der Waals surface area contributed by atoms with Crippen LogP contribution in [0.25, 0.3) is 32.6 Å². The van der Waals surface area contributed by atoms with E-state index in [1.54, 1.807) is 18.3 Å². The highest BCUT2D eigenvalue weighted by Crippen LogP contribution is 2.35. The molecule has 3 heterocycles. The van der Waals surface area contributed by atoms with Gasteiger partial charge in [0.25, 0.3) is 0 Å². The standard InChI is InChI=1S/C17H14N4O2S2/c1-10-13(8-20-21-10)11-3-4-14-12(7-11)17(19-9-18-14)15-5-6-16(24-15)25(2,22)23/h3-9H,1-2H3,(H,20,21). The Bertz CT molecular complexity index is 1190. The Hall–Kier alpha value is -2.58. The second-order valence-corrected chi connectivity index (χ2v) is 9.08. The van der Waals surface area contributed by atoms with Crippen LogP contribution in [0.1, 0.15) is 5.69 Å². The number of fused-ring (bicyclic) bond motifs is 1. The number of hydrogen-bond acceptors (Lipinski definition) is 6. The maximum Gasteiger partial charge on any atom is 0.184 e. The molecular weight excluding hydrogens is 356 g/mol. The zero-order valence-corrected chi connectivity index (χ0v) is 15.1. The van der Waals surface area contributed by atoms with Crippen LogP contribution in [0.4, 0.5) is 0 Å². The first-order chi connectivity index (χ1) is 11.9.